The Hall–Kier alpha value is -4.05. The van der Waals surface area contributed by atoms with Gasteiger partial charge in [-0.2, -0.15) is 4.98 Å². The van der Waals surface area contributed by atoms with Gasteiger partial charge in [-0.25, -0.2) is 19.1 Å². The van der Waals surface area contributed by atoms with E-state index in [9.17, 15) is 9.59 Å². The number of ether oxygens (including phenoxy) is 1. The number of fused-ring (bicyclic) bond motifs is 2. The number of pyridine rings is 1. The number of aromatic nitrogens is 5. The molecule has 0 atom stereocenters. The molecule has 0 fully saturated rings. The van der Waals surface area contributed by atoms with Crippen LogP contribution < -0.4 is 16.2 Å². The molecule has 10 heteroatoms. The fourth-order valence-electron chi connectivity index (χ4n) is 4.83. The molecule has 0 amide bonds. The maximum Gasteiger partial charge on any atom is 0.338 e. The Morgan fingerprint density at radius 2 is 1.97 bits per heavy atom. The van der Waals surface area contributed by atoms with E-state index in [1.165, 1.54) is 7.11 Å². The molecule has 0 aliphatic carbocycles. The zero-order valence-electron chi connectivity index (χ0n) is 22.6. The minimum Gasteiger partial charge on any atom is -0.465 e. The number of hydrogen-bond donors (Lipinski definition) is 2. The summed E-state index contributed by atoms with van der Waals surface area (Å²) in [5.74, 6) is -0.0675. The number of nitrogens with one attached hydrogen (secondary N) is 2. The van der Waals surface area contributed by atoms with Crippen LogP contribution in [-0.4, -0.2) is 43.9 Å². The number of benzene rings is 1. The molecule has 38 heavy (non-hydrogen) atoms. The fraction of sp³-hybridized carbons (Fsp3) is 0.393. The van der Waals surface area contributed by atoms with Gasteiger partial charge in [0.2, 0.25) is 5.95 Å². The fourth-order valence-corrected chi connectivity index (χ4v) is 4.83. The number of esters is 1. The lowest BCUT2D eigenvalue weighted by Crippen LogP contribution is -2.26. The van der Waals surface area contributed by atoms with E-state index in [0.29, 0.717) is 34.8 Å². The van der Waals surface area contributed by atoms with Gasteiger partial charge in [0.25, 0.3) is 5.56 Å². The standard InChI is InChI=1S/C28H33N7O3/c1-16(2)34-25(36)22-15-31-27(33-24(22)35(34)19-8-10-30-23(13-19)28(3,4)5)32-18-11-17-7-9-29-14-21(17)20(12-18)26(37)38-6/h8,10-13,15-16,29H,7,9,14H2,1-6H3,(H,31,32,33). The summed E-state index contributed by atoms with van der Waals surface area (Å²) in [5, 5.41) is 6.98. The quantitative estimate of drug-likeness (QED) is 0.383. The molecule has 1 aliphatic rings. The summed E-state index contributed by atoms with van der Waals surface area (Å²) in [6.07, 6.45) is 4.11. The van der Waals surface area contributed by atoms with Crippen molar-refractivity contribution in [2.45, 2.75) is 59.0 Å². The molecule has 4 aromatic rings. The van der Waals surface area contributed by atoms with Crippen molar-refractivity contribution in [3.63, 3.8) is 0 Å². The average molecular weight is 516 g/mol. The molecule has 0 unspecified atom stereocenters. The molecule has 0 bridgehead atoms. The van der Waals surface area contributed by atoms with E-state index in [4.69, 9.17) is 9.72 Å². The van der Waals surface area contributed by atoms with E-state index in [2.05, 4.69) is 41.4 Å². The van der Waals surface area contributed by atoms with Crippen molar-refractivity contribution in [3.8, 4) is 5.69 Å². The highest BCUT2D eigenvalue weighted by Crippen LogP contribution is 2.28. The van der Waals surface area contributed by atoms with E-state index in [0.717, 1.165) is 35.5 Å². The Bertz CT molecular complexity index is 1590. The zero-order chi connectivity index (χ0) is 27.2. The number of carbonyl (C=O) groups excluding carboxylic acids is 1. The van der Waals surface area contributed by atoms with Gasteiger partial charge >= 0.3 is 5.97 Å². The smallest absolute Gasteiger partial charge is 0.338 e. The van der Waals surface area contributed by atoms with Crippen LogP contribution in [0.4, 0.5) is 11.6 Å². The Kier molecular flexibility index (Phi) is 6.52. The van der Waals surface area contributed by atoms with Crippen molar-refractivity contribution in [3.05, 3.63) is 69.4 Å². The molecule has 1 aromatic carbocycles. The second kappa shape index (κ2) is 9.68. The van der Waals surface area contributed by atoms with E-state index >= 15 is 0 Å². The summed E-state index contributed by atoms with van der Waals surface area (Å²) in [7, 11) is 1.38. The van der Waals surface area contributed by atoms with Crippen LogP contribution in [0.25, 0.3) is 16.7 Å². The van der Waals surface area contributed by atoms with E-state index in [1.807, 2.05) is 36.7 Å². The van der Waals surface area contributed by atoms with E-state index < -0.39 is 0 Å². The monoisotopic (exact) mass is 515 g/mol. The van der Waals surface area contributed by atoms with Crippen LogP contribution >= 0.6 is 0 Å². The first-order chi connectivity index (χ1) is 18.1. The minimum atomic E-state index is -0.389. The van der Waals surface area contributed by atoms with Gasteiger partial charge < -0.3 is 15.4 Å². The summed E-state index contributed by atoms with van der Waals surface area (Å²) in [6, 6.07) is 7.53. The molecule has 1 aliphatic heterocycles. The predicted octanol–water partition coefficient (Wildman–Crippen LogP) is 4.03. The lowest BCUT2D eigenvalue weighted by atomic mass is 9.91. The lowest BCUT2D eigenvalue weighted by molar-refractivity contribution is 0.0599. The Balaban J connectivity index is 1.64. The summed E-state index contributed by atoms with van der Waals surface area (Å²) in [4.78, 5) is 39.7. The largest absolute Gasteiger partial charge is 0.465 e. The summed E-state index contributed by atoms with van der Waals surface area (Å²) >= 11 is 0. The first-order valence-corrected chi connectivity index (χ1v) is 12.8. The molecule has 0 radical (unpaired) electrons. The van der Waals surface area contributed by atoms with Crippen LogP contribution in [0, 0.1) is 0 Å². The lowest BCUT2D eigenvalue weighted by Gasteiger charge is -2.21. The zero-order valence-corrected chi connectivity index (χ0v) is 22.6. The van der Waals surface area contributed by atoms with Crippen LogP contribution in [-0.2, 0) is 23.1 Å². The third-order valence-electron chi connectivity index (χ3n) is 6.75. The van der Waals surface area contributed by atoms with Gasteiger partial charge in [0.15, 0.2) is 5.65 Å². The van der Waals surface area contributed by atoms with Gasteiger partial charge in [-0.3, -0.25) is 9.78 Å². The first kappa shape index (κ1) is 25.6. The van der Waals surface area contributed by atoms with Gasteiger partial charge in [-0.1, -0.05) is 20.8 Å². The maximum absolute atomic E-state index is 13.4. The van der Waals surface area contributed by atoms with Crippen molar-refractivity contribution in [2.24, 2.45) is 0 Å². The van der Waals surface area contributed by atoms with Gasteiger partial charge in [-0.05, 0) is 62.2 Å². The predicted molar refractivity (Wildman–Crippen MR) is 146 cm³/mol. The van der Waals surface area contributed by atoms with E-state index in [1.54, 1.807) is 23.1 Å². The summed E-state index contributed by atoms with van der Waals surface area (Å²) < 4.78 is 8.55. The maximum atomic E-state index is 13.4. The number of methoxy groups -OCH3 is 1. The molecule has 0 saturated carbocycles. The van der Waals surface area contributed by atoms with Gasteiger partial charge in [0.05, 0.1) is 18.4 Å². The van der Waals surface area contributed by atoms with Crippen LogP contribution in [0.5, 0.6) is 0 Å². The van der Waals surface area contributed by atoms with Gasteiger partial charge in [-0.15, -0.1) is 0 Å². The molecule has 0 spiro atoms. The SMILES string of the molecule is COC(=O)c1cc(Nc2ncc3c(=O)n(C(C)C)n(-c4ccnc(C(C)(C)C)c4)c3n2)cc2c1CNCC2. The molecule has 198 valence electrons. The average Bonchev–Trinajstić information content (AvgIpc) is 3.19. The van der Waals surface area contributed by atoms with Gasteiger partial charge in [0.1, 0.15) is 5.39 Å². The summed E-state index contributed by atoms with van der Waals surface area (Å²) in [5.41, 5.74) is 5.08. The van der Waals surface area contributed by atoms with Crippen molar-refractivity contribution in [2.75, 3.05) is 19.0 Å². The summed E-state index contributed by atoms with van der Waals surface area (Å²) in [6.45, 7) is 11.7. The number of carbonyl (C=O) groups is 1. The Morgan fingerprint density at radius 3 is 2.68 bits per heavy atom. The first-order valence-electron chi connectivity index (χ1n) is 12.8. The number of nitrogens with zero attached hydrogens (tertiary/aromatic N) is 5. The van der Waals surface area contributed by atoms with E-state index in [-0.39, 0.29) is 23.0 Å². The molecule has 3 aromatic heterocycles. The molecule has 2 N–H and O–H groups in total. The molecule has 4 heterocycles. The highest BCUT2D eigenvalue weighted by Gasteiger charge is 2.23. The minimum absolute atomic E-state index is 0.115. The van der Waals surface area contributed by atoms with Crippen LogP contribution in [0.3, 0.4) is 0 Å². The molecular weight excluding hydrogens is 482 g/mol. The second-order valence-corrected chi connectivity index (χ2v) is 10.8. The second-order valence-electron chi connectivity index (χ2n) is 10.8. The topological polar surface area (TPSA) is 116 Å². The van der Waals surface area contributed by atoms with Crippen molar-refractivity contribution in [1.82, 2.24) is 29.6 Å². The highest BCUT2D eigenvalue weighted by atomic mass is 16.5. The van der Waals surface area contributed by atoms with Gasteiger partial charge in [0, 0.05) is 41.8 Å². The van der Waals surface area contributed by atoms with Crippen LogP contribution in [0.1, 0.15) is 67.8 Å². The third kappa shape index (κ3) is 4.56. The molecule has 0 saturated heterocycles. The molecule has 10 nitrogen and oxygen atoms in total. The van der Waals surface area contributed by atoms with Crippen molar-refractivity contribution >= 4 is 28.6 Å². The van der Waals surface area contributed by atoms with Crippen molar-refractivity contribution < 1.29 is 9.53 Å². The number of hydrogen-bond acceptors (Lipinski definition) is 8. The third-order valence-corrected chi connectivity index (χ3v) is 6.75. The number of rotatable bonds is 5. The van der Waals surface area contributed by atoms with Crippen LogP contribution in [0.15, 0.2) is 41.5 Å². The Morgan fingerprint density at radius 1 is 1.18 bits per heavy atom. The normalized spacial score (nSPS) is 13.6. The molecule has 5 rings (SSSR count). The highest BCUT2D eigenvalue weighted by molar-refractivity contribution is 5.93. The molecular formula is C28H33N7O3. The number of anilines is 2. The Labute approximate surface area is 221 Å². The van der Waals surface area contributed by atoms with Crippen molar-refractivity contribution in [1.29, 1.82) is 0 Å². The van der Waals surface area contributed by atoms with Crippen LogP contribution in [0.2, 0.25) is 0 Å².